The molecule has 0 aromatic rings. The van der Waals surface area contributed by atoms with Crippen molar-refractivity contribution < 1.29 is 61.0 Å². The van der Waals surface area contributed by atoms with Gasteiger partial charge in [-0.15, -0.1) is 0 Å². The molecular weight excluding hydrogens is 249 g/mol. The van der Waals surface area contributed by atoms with Crippen LogP contribution in [0.4, 0.5) is 0 Å². The molecule has 0 atom stereocenters. The van der Waals surface area contributed by atoms with Gasteiger partial charge in [0, 0.05) is 41.7 Å². The zero-order chi connectivity index (χ0) is 4.50. The van der Waals surface area contributed by atoms with Crippen LogP contribution >= 0.6 is 7.82 Å². The molecule has 0 fully saturated rings. The Labute approximate surface area is 74.3 Å². The number of hydrogen-bond acceptors (Lipinski definition) is 4. The van der Waals surface area contributed by atoms with Gasteiger partial charge >= 0.3 is 0 Å². The van der Waals surface area contributed by atoms with Crippen LogP contribution in [0.2, 0.25) is 0 Å². The van der Waals surface area contributed by atoms with Gasteiger partial charge in [-0.2, -0.15) is 7.82 Å². The van der Waals surface area contributed by atoms with E-state index in [4.69, 9.17) is 19.2 Å². The fourth-order valence-electron chi connectivity index (χ4n) is 0. The second kappa shape index (κ2) is 5.58. The maximum absolute atomic E-state index is 8.55. The quantitative estimate of drug-likeness (QED) is 0.481. The molecule has 0 aliphatic heterocycles. The first kappa shape index (κ1) is 15.8. The molecule has 0 heterocycles. The number of hydrogen-bond donors (Lipinski definition) is 1. The first-order chi connectivity index (χ1) is 2.00. The second-order valence-corrected chi connectivity index (χ2v) is 1.34. The molecule has 0 aliphatic carbocycles. The Morgan fingerprint density at radius 2 is 1.14 bits per heavy atom. The van der Waals surface area contributed by atoms with Crippen LogP contribution in [0.5, 0.6) is 0 Å². The molecule has 0 bridgehead atoms. The molecule has 4 N–H and O–H groups in total. The van der Waals surface area contributed by atoms with Gasteiger partial charge in [0.2, 0.25) is 0 Å². The summed E-state index contributed by atoms with van der Waals surface area (Å²) in [6.45, 7) is 0. The molecule has 7 heavy (non-hydrogen) atoms. The Hall–Kier alpha value is 1.45. The van der Waals surface area contributed by atoms with E-state index < -0.39 is 7.82 Å². The maximum Gasteiger partial charge on any atom is 0 e. The van der Waals surface area contributed by atoms with Crippen LogP contribution in [0.25, 0.3) is 0 Å². The SMILES string of the molecule is O=P([O-])([O-])[O-].[Ce].[NH4+]. The largest absolute Gasteiger partial charge is 0.822 e. The van der Waals surface area contributed by atoms with Crippen molar-refractivity contribution in [2.45, 2.75) is 0 Å². The topological polar surface area (TPSA) is 123 Å². The van der Waals surface area contributed by atoms with Crippen molar-refractivity contribution in [3.63, 3.8) is 0 Å². The van der Waals surface area contributed by atoms with Gasteiger partial charge in [0.05, 0.1) is 0 Å². The van der Waals surface area contributed by atoms with Gasteiger partial charge in [0.1, 0.15) is 0 Å². The number of phosphoric acid groups is 1. The van der Waals surface area contributed by atoms with Crippen LogP contribution in [0.3, 0.4) is 0 Å². The summed E-state index contributed by atoms with van der Waals surface area (Å²) in [5, 5.41) is 0. The molecule has 0 radical (unpaired) electrons. The Kier molecular flexibility index (Phi) is 12.6. The minimum absolute atomic E-state index is 0. The van der Waals surface area contributed by atoms with Crippen LogP contribution in [0.15, 0.2) is 0 Å². The summed E-state index contributed by atoms with van der Waals surface area (Å²) in [6, 6.07) is 0. The first-order valence-electron chi connectivity index (χ1n) is 0.730. The summed E-state index contributed by atoms with van der Waals surface area (Å²) in [4.78, 5) is 25.6. The van der Waals surface area contributed by atoms with Gasteiger partial charge in [-0.05, 0) is 0 Å². The fraction of sp³-hybridized carbons (Fsp3) is 0. The Bertz CT molecular complexity index is 57.8. The van der Waals surface area contributed by atoms with Crippen molar-refractivity contribution >= 4 is 7.82 Å². The molecule has 0 aromatic carbocycles. The normalized spacial score (nSPS) is 8.43. The van der Waals surface area contributed by atoms with E-state index >= 15 is 0 Å². The van der Waals surface area contributed by atoms with Crippen LogP contribution in [-0.4, -0.2) is 0 Å². The predicted molar refractivity (Wildman–Crippen MR) is 13.6 cm³/mol. The molecule has 0 unspecified atom stereocenters. The molecule has 5 nitrogen and oxygen atoms in total. The molecule has 0 amide bonds. The standard InChI is InChI=1S/Ce.H3N.H3O4P/c;;1-5(2,3)4/h;1H3;(H3,1,2,3,4)/p-2. The smallest absolute Gasteiger partial charge is 0 e. The molecule has 0 spiro atoms. The van der Waals surface area contributed by atoms with E-state index in [1.165, 1.54) is 0 Å². The van der Waals surface area contributed by atoms with Gasteiger partial charge in [-0.25, -0.2) is 0 Å². The monoisotopic (exact) mass is 253 g/mol. The zero-order valence-electron chi connectivity index (χ0n) is 3.58. The Morgan fingerprint density at radius 3 is 1.14 bits per heavy atom. The van der Waals surface area contributed by atoms with Crippen molar-refractivity contribution in [1.29, 1.82) is 0 Å². The van der Waals surface area contributed by atoms with Crippen LogP contribution < -0.4 is 20.8 Å². The summed E-state index contributed by atoms with van der Waals surface area (Å²) in [7, 11) is -5.39. The third-order valence-corrected chi connectivity index (χ3v) is 0. The van der Waals surface area contributed by atoms with Crippen molar-refractivity contribution in [3.05, 3.63) is 0 Å². The Morgan fingerprint density at radius 1 is 1.14 bits per heavy atom. The molecule has 0 aromatic heterocycles. The second-order valence-electron chi connectivity index (χ2n) is 0.447. The zero-order valence-corrected chi connectivity index (χ0v) is 7.61. The first-order valence-corrected chi connectivity index (χ1v) is 2.19. The van der Waals surface area contributed by atoms with E-state index in [2.05, 4.69) is 0 Å². The van der Waals surface area contributed by atoms with Crippen LogP contribution in [-0.2, 0) is 4.57 Å². The molecule has 44 valence electrons. The predicted octanol–water partition coefficient (Wildman–Crippen LogP) is -2.45. The molecule has 0 saturated carbocycles. The van der Waals surface area contributed by atoms with E-state index in [0.29, 0.717) is 0 Å². The summed E-state index contributed by atoms with van der Waals surface area (Å²) in [5.41, 5.74) is 0. The minimum Gasteiger partial charge on any atom is -0.822 e. The van der Waals surface area contributed by atoms with Crippen LogP contribution in [0.1, 0.15) is 0 Å². The maximum atomic E-state index is 8.55. The van der Waals surface area contributed by atoms with E-state index in [1.54, 1.807) is 0 Å². The molecule has 0 saturated heterocycles. The van der Waals surface area contributed by atoms with Crippen molar-refractivity contribution in [3.8, 4) is 0 Å². The summed E-state index contributed by atoms with van der Waals surface area (Å²) < 4.78 is 8.55. The fourth-order valence-corrected chi connectivity index (χ4v) is 0. The van der Waals surface area contributed by atoms with E-state index in [-0.39, 0.29) is 47.9 Å². The average Bonchev–Trinajstić information content (AvgIpc) is 0.722. The molecule has 0 aliphatic rings. The van der Waals surface area contributed by atoms with Crippen LogP contribution in [0, 0.1) is 41.7 Å². The third-order valence-electron chi connectivity index (χ3n) is 0. The summed E-state index contributed by atoms with van der Waals surface area (Å²) >= 11 is 0. The average molecular weight is 253 g/mol. The number of quaternary nitrogens is 1. The van der Waals surface area contributed by atoms with Gasteiger partial charge in [-0.1, -0.05) is 0 Å². The third kappa shape index (κ3) is 106. The van der Waals surface area contributed by atoms with Gasteiger partial charge in [-0.3, -0.25) is 0 Å². The van der Waals surface area contributed by atoms with Gasteiger partial charge < -0.3 is 25.4 Å². The molecular formula is H4CeNO4P-2. The minimum atomic E-state index is -5.39. The molecule has 0 rings (SSSR count). The van der Waals surface area contributed by atoms with E-state index in [9.17, 15) is 0 Å². The van der Waals surface area contributed by atoms with Crippen molar-refractivity contribution in [2.75, 3.05) is 0 Å². The van der Waals surface area contributed by atoms with Crippen molar-refractivity contribution in [1.82, 2.24) is 6.15 Å². The van der Waals surface area contributed by atoms with Gasteiger partial charge in [0.25, 0.3) is 0 Å². The van der Waals surface area contributed by atoms with Crippen molar-refractivity contribution in [2.24, 2.45) is 0 Å². The van der Waals surface area contributed by atoms with E-state index in [0.717, 1.165) is 0 Å². The molecule has 7 heteroatoms. The Balaban J connectivity index is -0.0000000800. The van der Waals surface area contributed by atoms with E-state index in [1.807, 2.05) is 0 Å². The number of rotatable bonds is 0. The summed E-state index contributed by atoms with van der Waals surface area (Å²) in [5.74, 6) is 0. The summed E-state index contributed by atoms with van der Waals surface area (Å²) in [6.07, 6.45) is 0. The van der Waals surface area contributed by atoms with Gasteiger partial charge in [0.15, 0.2) is 0 Å².